The summed E-state index contributed by atoms with van der Waals surface area (Å²) in [4.78, 5) is 73.2. The van der Waals surface area contributed by atoms with Crippen molar-refractivity contribution in [1.29, 1.82) is 0 Å². The molecule has 0 aromatic rings. The lowest BCUT2D eigenvalue weighted by atomic mass is 9.99. The minimum absolute atomic E-state index is 0.106. The van der Waals surface area contributed by atoms with E-state index in [-0.39, 0.29) is 25.7 Å². The third-order valence-electron chi connectivity index (χ3n) is 20.2. The molecule has 0 saturated heterocycles. The second-order valence-corrected chi connectivity index (χ2v) is 34.7. The van der Waals surface area contributed by atoms with Crippen LogP contribution < -0.4 is 0 Å². The summed E-state index contributed by atoms with van der Waals surface area (Å²) >= 11 is 0. The number of carbonyl (C=O) groups is 4. The lowest BCUT2D eigenvalue weighted by molar-refractivity contribution is -0.161. The average molecular weight is 1520 g/mol. The van der Waals surface area contributed by atoms with Gasteiger partial charge in [0.2, 0.25) is 0 Å². The molecule has 0 aliphatic heterocycles. The van der Waals surface area contributed by atoms with Crippen LogP contribution in [0.4, 0.5) is 0 Å². The van der Waals surface area contributed by atoms with Gasteiger partial charge in [-0.15, -0.1) is 0 Å². The highest BCUT2D eigenvalue weighted by atomic mass is 31.2. The predicted molar refractivity (Wildman–Crippen MR) is 428 cm³/mol. The summed E-state index contributed by atoms with van der Waals surface area (Å²) in [5.74, 6) is 0.247. The van der Waals surface area contributed by atoms with Crippen LogP contribution in [-0.2, 0) is 65.4 Å². The molecule has 0 aromatic heterocycles. The molecular weight excluding hydrogens is 1350 g/mol. The lowest BCUT2D eigenvalue weighted by Crippen LogP contribution is -2.30. The second-order valence-electron chi connectivity index (χ2n) is 31.8. The molecule has 0 radical (unpaired) electrons. The highest BCUT2D eigenvalue weighted by molar-refractivity contribution is 7.47. The van der Waals surface area contributed by atoms with E-state index in [0.29, 0.717) is 25.7 Å². The molecule has 0 spiro atoms. The Balaban J connectivity index is 5.26. The summed E-state index contributed by atoms with van der Waals surface area (Å²) in [5.41, 5.74) is 0. The first-order valence-corrected chi connectivity index (χ1v) is 46.9. The highest BCUT2D eigenvalue weighted by Crippen LogP contribution is 2.45. The molecule has 6 atom stereocenters. The Bertz CT molecular complexity index is 2010. The molecule has 104 heavy (non-hydrogen) atoms. The molecule has 0 rings (SSSR count). The van der Waals surface area contributed by atoms with Crippen LogP contribution in [0.3, 0.4) is 0 Å². The van der Waals surface area contributed by atoms with Gasteiger partial charge in [0.25, 0.3) is 0 Å². The fraction of sp³-hybridized carbons (Fsp3) is 0.953. The van der Waals surface area contributed by atoms with Crippen LogP contribution in [0.5, 0.6) is 0 Å². The summed E-state index contributed by atoms with van der Waals surface area (Å²) in [6.07, 6.45) is 65.2. The minimum atomic E-state index is -4.97. The fourth-order valence-corrected chi connectivity index (χ4v) is 14.7. The lowest BCUT2D eigenvalue weighted by Gasteiger charge is -2.21. The molecule has 17 nitrogen and oxygen atoms in total. The first-order chi connectivity index (χ1) is 50.3. The van der Waals surface area contributed by atoms with E-state index in [4.69, 9.17) is 37.0 Å². The second kappa shape index (κ2) is 75.1. The van der Waals surface area contributed by atoms with E-state index in [1.165, 1.54) is 257 Å². The Morgan fingerprint density at radius 3 is 0.731 bits per heavy atom. The molecule has 0 amide bonds. The molecule has 0 aliphatic rings. The molecule has 3 unspecified atom stereocenters. The Labute approximate surface area is 638 Å². The number of rotatable bonds is 83. The smallest absolute Gasteiger partial charge is 0.462 e. The summed E-state index contributed by atoms with van der Waals surface area (Å²) in [6.45, 7) is 12.0. The maximum atomic E-state index is 13.1. The van der Waals surface area contributed by atoms with E-state index in [2.05, 4.69) is 48.5 Å². The van der Waals surface area contributed by atoms with Gasteiger partial charge in [-0.25, -0.2) is 9.13 Å². The third kappa shape index (κ3) is 76.8. The SMILES string of the molecule is CCCCCCCCCCCCCCCCCCCCCCC(=O)O[C@H](COC(=O)CCCCCCCCCCCCCCCCCC(C)C)COP(=O)(O)OC[C@@H](O)COP(=O)(O)OC[C@@H](COC(=O)CCCCCCCCCCCC(C)C)OC(=O)CCCCCCCCCCCCC(C)CC. The molecule has 0 aromatic carbocycles. The van der Waals surface area contributed by atoms with Gasteiger partial charge in [-0.2, -0.15) is 0 Å². The van der Waals surface area contributed by atoms with Crippen LogP contribution in [-0.4, -0.2) is 96.7 Å². The zero-order chi connectivity index (χ0) is 76.5. The Hall–Kier alpha value is -1.94. The van der Waals surface area contributed by atoms with E-state index >= 15 is 0 Å². The van der Waals surface area contributed by atoms with Gasteiger partial charge in [-0.05, 0) is 43.4 Å². The van der Waals surface area contributed by atoms with Crippen molar-refractivity contribution in [2.24, 2.45) is 17.8 Å². The molecule has 0 aliphatic carbocycles. The van der Waals surface area contributed by atoms with Crippen LogP contribution in [0.1, 0.15) is 447 Å². The molecule has 0 heterocycles. The van der Waals surface area contributed by atoms with Crippen molar-refractivity contribution in [2.75, 3.05) is 39.6 Å². The summed E-state index contributed by atoms with van der Waals surface area (Å²) < 4.78 is 68.9. The topological polar surface area (TPSA) is 237 Å². The van der Waals surface area contributed by atoms with Gasteiger partial charge in [0.1, 0.15) is 19.3 Å². The quantitative estimate of drug-likeness (QED) is 0.0222. The molecule has 0 fully saturated rings. The number of aliphatic hydroxyl groups excluding tert-OH is 1. The third-order valence-corrected chi connectivity index (χ3v) is 22.1. The van der Waals surface area contributed by atoms with Gasteiger partial charge in [0.15, 0.2) is 12.2 Å². The van der Waals surface area contributed by atoms with Crippen molar-refractivity contribution < 1.29 is 80.2 Å². The Morgan fingerprint density at radius 2 is 0.490 bits per heavy atom. The van der Waals surface area contributed by atoms with E-state index in [1.807, 2.05) is 0 Å². The minimum Gasteiger partial charge on any atom is -0.462 e. The van der Waals surface area contributed by atoms with Crippen LogP contribution in [0, 0.1) is 17.8 Å². The molecule has 0 bridgehead atoms. The van der Waals surface area contributed by atoms with Gasteiger partial charge in [0, 0.05) is 25.7 Å². The number of phosphoric ester groups is 2. The molecule has 3 N–H and O–H groups in total. The number of ether oxygens (including phenoxy) is 4. The van der Waals surface area contributed by atoms with Crippen LogP contribution in [0.25, 0.3) is 0 Å². The zero-order valence-corrected chi connectivity index (χ0v) is 70.3. The number of hydrogen-bond acceptors (Lipinski definition) is 15. The van der Waals surface area contributed by atoms with Crippen LogP contribution in [0.15, 0.2) is 0 Å². The van der Waals surface area contributed by atoms with Gasteiger partial charge >= 0.3 is 39.5 Å². The average Bonchev–Trinajstić information content (AvgIpc) is 0.907. The number of carbonyl (C=O) groups excluding carboxylic acids is 4. The van der Waals surface area contributed by atoms with Crippen LogP contribution >= 0.6 is 15.6 Å². The van der Waals surface area contributed by atoms with Crippen molar-refractivity contribution in [3.8, 4) is 0 Å². The van der Waals surface area contributed by atoms with Crippen LogP contribution in [0.2, 0.25) is 0 Å². The zero-order valence-electron chi connectivity index (χ0n) is 68.5. The van der Waals surface area contributed by atoms with Crippen molar-refractivity contribution in [3.05, 3.63) is 0 Å². The Kier molecular flexibility index (Phi) is 73.7. The number of unbranched alkanes of at least 4 members (excludes halogenated alkanes) is 50. The Morgan fingerprint density at radius 1 is 0.279 bits per heavy atom. The number of phosphoric acid groups is 2. The highest BCUT2D eigenvalue weighted by Gasteiger charge is 2.30. The molecule has 19 heteroatoms. The summed E-state index contributed by atoms with van der Waals surface area (Å²) in [6, 6.07) is 0. The van der Waals surface area contributed by atoms with Crippen molar-refractivity contribution in [2.45, 2.75) is 465 Å². The van der Waals surface area contributed by atoms with Crippen molar-refractivity contribution in [3.63, 3.8) is 0 Å². The van der Waals surface area contributed by atoms with Crippen molar-refractivity contribution in [1.82, 2.24) is 0 Å². The maximum absolute atomic E-state index is 13.1. The summed E-state index contributed by atoms with van der Waals surface area (Å²) in [7, 11) is -9.93. The van der Waals surface area contributed by atoms with E-state index < -0.39 is 97.5 Å². The molecular formula is C85H166O17P2. The summed E-state index contributed by atoms with van der Waals surface area (Å²) in [5, 5.41) is 10.7. The fourth-order valence-electron chi connectivity index (χ4n) is 13.2. The predicted octanol–water partition coefficient (Wildman–Crippen LogP) is 25.7. The van der Waals surface area contributed by atoms with Gasteiger partial charge in [-0.3, -0.25) is 37.3 Å². The first kappa shape index (κ1) is 102. The number of esters is 4. The number of hydrogen-bond donors (Lipinski definition) is 3. The monoisotopic (exact) mass is 1520 g/mol. The molecule has 0 saturated carbocycles. The standard InChI is InChI=1S/C85H166O17P2/c1-8-10-11-12-13-14-15-16-17-18-19-20-21-24-28-31-39-47-54-61-68-84(89)101-80(72-95-82(87)66-59-52-45-38-30-27-25-22-23-26-29-35-42-49-56-63-76(3)4)74-99-103(91,92)97-70-79(86)71-98-104(93,94)100-75-81(73-96-83(88)67-60-53-46-41-34-36-43-50-57-64-77(5)6)102-85(90)69-62-55-48-40-33-32-37-44-51-58-65-78(7)9-2/h76-81,86H,8-75H2,1-7H3,(H,91,92)(H,93,94)/t78?,79-,80-,81-/m1/s1. The largest absolute Gasteiger partial charge is 0.472 e. The van der Waals surface area contributed by atoms with Gasteiger partial charge in [-0.1, -0.05) is 395 Å². The van der Waals surface area contributed by atoms with E-state index in [9.17, 15) is 43.2 Å². The number of aliphatic hydroxyl groups is 1. The normalized spacial score (nSPS) is 14.2. The molecule has 618 valence electrons. The maximum Gasteiger partial charge on any atom is 0.472 e. The van der Waals surface area contributed by atoms with Gasteiger partial charge in [0.05, 0.1) is 26.4 Å². The van der Waals surface area contributed by atoms with Crippen molar-refractivity contribution >= 4 is 39.5 Å². The van der Waals surface area contributed by atoms with E-state index in [0.717, 1.165) is 108 Å². The van der Waals surface area contributed by atoms with E-state index in [1.54, 1.807) is 0 Å². The van der Waals surface area contributed by atoms with Gasteiger partial charge < -0.3 is 33.8 Å². The first-order valence-electron chi connectivity index (χ1n) is 43.9.